The quantitative estimate of drug-likeness (QED) is 0.824. The fourth-order valence-corrected chi connectivity index (χ4v) is 1.79. The van der Waals surface area contributed by atoms with Gasteiger partial charge in [0, 0.05) is 0 Å². The predicted molar refractivity (Wildman–Crippen MR) is 66.6 cm³/mol. The lowest BCUT2D eigenvalue weighted by Gasteiger charge is -2.12. The van der Waals surface area contributed by atoms with Gasteiger partial charge in [-0.25, -0.2) is 0 Å². The van der Waals surface area contributed by atoms with Crippen molar-refractivity contribution in [2.75, 3.05) is 13.7 Å². The Kier molecular flexibility index (Phi) is 3.89. The molecule has 3 heteroatoms. The summed E-state index contributed by atoms with van der Waals surface area (Å²) in [6.07, 6.45) is 2.86. The molecule has 1 saturated carbocycles. The summed E-state index contributed by atoms with van der Waals surface area (Å²) in [5.41, 5.74) is 1.07. The van der Waals surface area contributed by atoms with Crippen molar-refractivity contribution in [3.05, 3.63) is 23.8 Å². The molecule has 0 saturated heterocycles. The van der Waals surface area contributed by atoms with E-state index in [1.54, 1.807) is 14.0 Å². The van der Waals surface area contributed by atoms with Crippen LogP contribution < -0.4 is 9.47 Å². The van der Waals surface area contributed by atoms with Gasteiger partial charge in [0.2, 0.25) is 0 Å². The zero-order valence-electron chi connectivity index (χ0n) is 10.5. The van der Waals surface area contributed by atoms with Gasteiger partial charge in [0.25, 0.3) is 0 Å². The van der Waals surface area contributed by atoms with E-state index in [-0.39, 0.29) is 6.10 Å². The first kappa shape index (κ1) is 12.2. The molecule has 1 aliphatic carbocycles. The van der Waals surface area contributed by atoms with E-state index in [2.05, 4.69) is 0 Å². The van der Waals surface area contributed by atoms with Gasteiger partial charge >= 0.3 is 0 Å². The maximum Gasteiger partial charge on any atom is 0.161 e. The second kappa shape index (κ2) is 5.41. The standard InChI is InChI=1S/C14H20O3/c1-10(15)7-12-5-6-13(14(8-12)16-2)17-9-11-3-4-11/h5-6,8,10-11,15H,3-4,7,9H2,1-2H3. The largest absolute Gasteiger partial charge is 0.493 e. The third kappa shape index (κ3) is 3.63. The number of ether oxygens (including phenoxy) is 2. The van der Waals surface area contributed by atoms with Crippen molar-refractivity contribution < 1.29 is 14.6 Å². The van der Waals surface area contributed by atoms with Crippen molar-refractivity contribution in [1.29, 1.82) is 0 Å². The molecule has 0 radical (unpaired) electrons. The lowest BCUT2D eigenvalue weighted by molar-refractivity contribution is 0.195. The van der Waals surface area contributed by atoms with E-state index in [9.17, 15) is 5.11 Å². The van der Waals surface area contributed by atoms with Crippen LogP contribution in [0, 0.1) is 5.92 Å². The number of benzene rings is 1. The van der Waals surface area contributed by atoms with Crippen LogP contribution in [0.25, 0.3) is 0 Å². The van der Waals surface area contributed by atoms with Crippen LogP contribution in [0.2, 0.25) is 0 Å². The molecule has 2 rings (SSSR count). The van der Waals surface area contributed by atoms with Crippen LogP contribution in [0.3, 0.4) is 0 Å². The fraction of sp³-hybridized carbons (Fsp3) is 0.571. The van der Waals surface area contributed by atoms with Crippen molar-refractivity contribution in [2.24, 2.45) is 5.92 Å². The number of methoxy groups -OCH3 is 1. The molecule has 0 amide bonds. The van der Waals surface area contributed by atoms with Gasteiger partial charge in [-0.1, -0.05) is 6.07 Å². The molecule has 3 nitrogen and oxygen atoms in total. The summed E-state index contributed by atoms with van der Waals surface area (Å²) in [7, 11) is 1.64. The highest BCUT2D eigenvalue weighted by Crippen LogP contribution is 2.33. The van der Waals surface area contributed by atoms with Crippen molar-refractivity contribution in [3.63, 3.8) is 0 Å². The fourth-order valence-electron chi connectivity index (χ4n) is 1.79. The van der Waals surface area contributed by atoms with Crippen LogP contribution in [0.15, 0.2) is 18.2 Å². The molecule has 1 unspecified atom stereocenters. The highest BCUT2D eigenvalue weighted by Gasteiger charge is 2.22. The van der Waals surface area contributed by atoms with Gasteiger partial charge < -0.3 is 14.6 Å². The predicted octanol–water partition coefficient (Wildman–Crippen LogP) is 2.41. The van der Waals surface area contributed by atoms with Crippen molar-refractivity contribution in [1.82, 2.24) is 0 Å². The summed E-state index contributed by atoms with van der Waals surface area (Å²) >= 11 is 0. The smallest absolute Gasteiger partial charge is 0.161 e. The summed E-state index contributed by atoms with van der Waals surface area (Å²) in [6, 6.07) is 5.85. The molecule has 0 aliphatic heterocycles. The molecule has 94 valence electrons. The molecule has 0 spiro atoms. The molecular weight excluding hydrogens is 216 g/mol. The SMILES string of the molecule is COc1cc(CC(C)O)ccc1OCC1CC1. The highest BCUT2D eigenvalue weighted by atomic mass is 16.5. The van der Waals surface area contributed by atoms with E-state index in [0.717, 1.165) is 29.6 Å². The first-order valence-corrected chi connectivity index (χ1v) is 6.17. The molecule has 1 fully saturated rings. The van der Waals surface area contributed by atoms with Gasteiger partial charge in [-0.2, -0.15) is 0 Å². The minimum absolute atomic E-state index is 0.335. The molecule has 1 aromatic carbocycles. The first-order valence-electron chi connectivity index (χ1n) is 6.17. The Morgan fingerprint density at radius 2 is 2.12 bits per heavy atom. The van der Waals surface area contributed by atoms with Crippen LogP contribution >= 0.6 is 0 Å². The van der Waals surface area contributed by atoms with Crippen LogP contribution in [0.5, 0.6) is 11.5 Å². The van der Waals surface area contributed by atoms with Gasteiger partial charge in [0.05, 0.1) is 19.8 Å². The van der Waals surface area contributed by atoms with Crippen LogP contribution in [-0.2, 0) is 6.42 Å². The number of hydrogen-bond donors (Lipinski definition) is 1. The Morgan fingerprint density at radius 3 is 2.71 bits per heavy atom. The number of hydrogen-bond acceptors (Lipinski definition) is 3. The summed E-state index contributed by atoms with van der Waals surface area (Å²) < 4.78 is 11.0. The molecule has 1 atom stereocenters. The van der Waals surface area contributed by atoms with Crippen LogP contribution in [-0.4, -0.2) is 24.9 Å². The van der Waals surface area contributed by atoms with E-state index in [0.29, 0.717) is 6.42 Å². The van der Waals surface area contributed by atoms with Gasteiger partial charge in [-0.05, 0) is 49.8 Å². The average Bonchev–Trinajstić information content (AvgIpc) is 3.10. The van der Waals surface area contributed by atoms with Gasteiger partial charge in [-0.3, -0.25) is 0 Å². The number of aliphatic hydroxyl groups excluding tert-OH is 1. The van der Waals surface area contributed by atoms with E-state index in [1.165, 1.54) is 12.8 Å². The molecule has 1 aliphatic rings. The molecule has 1 N–H and O–H groups in total. The average molecular weight is 236 g/mol. The van der Waals surface area contributed by atoms with Crippen molar-refractivity contribution in [3.8, 4) is 11.5 Å². The molecular formula is C14H20O3. The Balaban J connectivity index is 2.03. The first-order chi connectivity index (χ1) is 8.19. The minimum atomic E-state index is -0.335. The lowest BCUT2D eigenvalue weighted by Crippen LogP contribution is -2.05. The molecule has 0 heterocycles. The van der Waals surface area contributed by atoms with Gasteiger partial charge in [-0.15, -0.1) is 0 Å². The molecule has 1 aromatic rings. The molecule has 0 aromatic heterocycles. The Hall–Kier alpha value is -1.22. The summed E-state index contributed by atoms with van der Waals surface area (Å²) in [4.78, 5) is 0. The van der Waals surface area contributed by atoms with Crippen LogP contribution in [0.4, 0.5) is 0 Å². The second-order valence-corrected chi connectivity index (χ2v) is 4.79. The van der Waals surface area contributed by atoms with E-state index in [1.807, 2.05) is 18.2 Å². The van der Waals surface area contributed by atoms with E-state index in [4.69, 9.17) is 9.47 Å². The number of aliphatic hydroxyl groups is 1. The minimum Gasteiger partial charge on any atom is -0.493 e. The van der Waals surface area contributed by atoms with Gasteiger partial charge in [0.1, 0.15) is 0 Å². The maximum absolute atomic E-state index is 9.35. The zero-order chi connectivity index (χ0) is 12.3. The van der Waals surface area contributed by atoms with Crippen LogP contribution in [0.1, 0.15) is 25.3 Å². The lowest BCUT2D eigenvalue weighted by atomic mass is 10.1. The molecule has 17 heavy (non-hydrogen) atoms. The normalized spacial score (nSPS) is 16.6. The summed E-state index contributed by atoms with van der Waals surface area (Å²) in [5, 5.41) is 9.35. The third-order valence-corrected chi connectivity index (χ3v) is 2.93. The Morgan fingerprint density at radius 1 is 1.35 bits per heavy atom. The molecule has 0 bridgehead atoms. The maximum atomic E-state index is 9.35. The summed E-state index contributed by atoms with van der Waals surface area (Å²) in [5.74, 6) is 2.29. The third-order valence-electron chi connectivity index (χ3n) is 2.93. The Bertz CT molecular complexity index is 370. The number of rotatable bonds is 6. The second-order valence-electron chi connectivity index (χ2n) is 4.79. The topological polar surface area (TPSA) is 38.7 Å². The Labute approximate surface area is 102 Å². The van der Waals surface area contributed by atoms with Crippen molar-refractivity contribution >= 4 is 0 Å². The zero-order valence-corrected chi connectivity index (χ0v) is 10.5. The van der Waals surface area contributed by atoms with Crippen molar-refractivity contribution in [2.45, 2.75) is 32.3 Å². The monoisotopic (exact) mass is 236 g/mol. The van der Waals surface area contributed by atoms with E-state index >= 15 is 0 Å². The van der Waals surface area contributed by atoms with Gasteiger partial charge in [0.15, 0.2) is 11.5 Å². The summed E-state index contributed by atoms with van der Waals surface area (Å²) in [6.45, 7) is 2.57. The highest BCUT2D eigenvalue weighted by molar-refractivity contribution is 5.43. The van der Waals surface area contributed by atoms with E-state index < -0.39 is 0 Å².